The lowest BCUT2D eigenvalue weighted by molar-refractivity contribution is 0.0663. The standard InChI is InChI=1S/C20H27N3O3/c1-22-13-20(26-19(22)25)11-12-23(14-20)18(24)21-17-9-7-16(8-10-17)15-5-3-2-4-6-15/h7-10,15H,2-6,11-14H2,1H3,(H,21,24). The Bertz CT molecular complexity index is 684. The van der Waals surface area contributed by atoms with Gasteiger partial charge in [0.05, 0.1) is 13.1 Å². The summed E-state index contributed by atoms with van der Waals surface area (Å²) in [5, 5.41) is 2.98. The van der Waals surface area contributed by atoms with E-state index >= 15 is 0 Å². The second kappa shape index (κ2) is 6.82. The number of hydrogen-bond acceptors (Lipinski definition) is 3. The molecule has 140 valence electrons. The van der Waals surface area contributed by atoms with Crippen molar-refractivity contribution in [3.8, 4) is 0 Å². The third kappa shape index (κ3) is 3.37. The summed E-state index contributed by atoms with van der Waals surface area (Å²) in [6, 6.07) is 8.15. The Labute approximate surface area is 154 Å². The van der Waals surface area contributed by atoms with Gasteiger partial charge in [0.2, 0.25) is 0 Å². The number of amides is 3. The Hall–Kier alpha value is -2.24. The topological polar surface area (TPSA) is 61.9 Å². The highest BCUT2D eigenvalue weighted by atomic mass is 16.6. The molecule has 0 aromatic heterocycles. The van der Waals surface area contributed by atoms with E-state index in [2.05, 4.69) is 17.4 Å². The smallest absolute Gasteiger partial charge is 0.410 e. The highest BCUT2D eigenvalue weighted by Gasteiger charge is 2.49. The molecule has 3 amide bonds. The van der Waals surface area contributed by atoms with Crippen molar-refractivity contribution in [1.82, 2.24) is 9.80 Å². The Balaban J connectivity index is 1.34. The van der Waals surface area contributed by atoms with Crippen molar-refractivity contribution < 1.29 is 14.3 Å². The summed E-state index contributed by atoms with van der Waals surface area (Å²) in [7, 11) is 1.73. The molecule has 1 spiro atoms. The fourth-order valence-corrected chi connectivity index (χ4v) is 4.50. The van der Waals surface area contributed by atoms with Crippen molar-refractivity contribution in [2.75, 3.05) is 32.0 Å². The van der Waals surface area contributed by atoms with Gasteiger partial charge in [-0.25, -0.2) is 9.59 Å². The highest BCUT2D eigenvalue weighted by molar-refractivity contribution is 5.89. The number of nitrogens with one attached hydrogen (secondary N) is 1. The number of nitrogens with zero attached hydrogens (tertiary/aromatic N) is 2. The minimum atomic E-state index is -0.534. The van der Waals surface area contributed by atoms with Crippen LogP contribution in [0, 0.1) is 0 Å². The van der Waals surface area contributed by atoms with Gasteiger partial charge >= 0.3 is 12.1 Å². The molecule has 2 saturated heterocycles. The van der Waals surface area contributed by atoms with Crippen molar-refractivity contribution in [3.63, 3.8) is 0 Å². The van der Waals surface area contributed by atoms with Crippen LogP contribution >= 0.6 is 0 Å². The van der Waals surface area contributed by atoms with Crippen molar-refractivity contribution in [2.45, 2.75) is 50.0 Å². The van der Waals surface area contributed by atoms with Gasteiger partial charge < -0.3 is 19.9 Å². The SMILES string of the molecule is CN1CC2(CCN(C(=O)Nc3ccc(C4CCCCC4)cc3)C2)OC1=O. The first-order chi connectivity index (χ1) is 12.5. The largest absolute Gasteiger partial charge is 0.439 e. The summed E-state index contributed by atoms with van der Waals surface area (Å²) in [5.41, 5.74) is 1.66. The molecule has 3 aliphatic rings. The lowest BCUT2D eigenvalue weighted by atomic mass is 9.84. The number of benzene rings is 1. The van der Waals surface area contributed by atoms with E-state index in [1.807, 2.05) is 12.1 Å². The molecular formula is C20H27N3O3. The number of hydrogen-bond donors (Lipinski definition) is 1. The first kappa shape index (κ1) is 17.2. The Morgan fingerprint density at radius 2 is 1.88 bits per heavy atom. The molecule has 1 atom stereocenters. The summed E-state index contributed by atoms with van der Waals surface area (Å²) < 4.78 is 5.50. The van der Waals surface area contributed by atoms with Crippen LogP contribution in [0.5, 0.6) is 0 Å². The summed E-state index contributed by atoms with van der Waals surface area (Å²) in [6.45, 7) is 1.61. The van der Waals surface area contributed by atoms with E-state index in [9.17, 15) is 9.59 Å². The van der Waals surface area contributed by atoms with Gasteiger partial charge in [-0.15, -0.1) is 0 Å². The number of likely N-dealkylation sites (N-methyl/N-ethyl adjacent to an activating group) is 1. The maximum atomic E-state index is 12.6. The van der Waals surface area contributed by atoms with Gasteiger partial charge in [0.15, 0.2) is 5.60 Å². The van der Waals surface area contributed by atoms with E-state index in [1.54, 1.807) is 16.8 Å². The lowest BCUT2D eigenvalue weighted by Crippen LogP contribution is -2.40. The molecule has 0 radical (unpaired) electrons. The fourth-order valence-electron chi connectivity index (χ4n) is 4.50. The minimum absolute atomic E-state index is 0.127. The van der Waals surface area contributed by atoms with Crippen molar-refractivity contribution in [2.24, 2.45) is 0 Å². The molecule has 1 aliphatic carbocycles. The van der Waals surface area contributed by atoms with Gasteiger partial charge in [0.1, 0.15) is 0 Å². The average Bonchev–Trinajstić information content (AvgIpc) is 3.19. The van der Waals surface area contributed by atoms with Crippen LogP contribution in [0.4, 0.5) is 15.3 Å². The van der Waals surface area contributed by atoms with Gasteiger partial charge in [0, 0.05) is 25.7 Å². The van der Waals surface area contributed by atoms with Crippen LogP contribution in [0.15, 0.2) is 24.3 Å². The number of rotatable bonds is 2. The zero-order valence-electron chi connectivity index (χ0n) is 15.4. The zero-order chi connectivity index (χ0) is 18.1. The highest BCUT2D eigenvalue weighted by Crippen LogP contribution is 2.34. The molecule has 6 nitrogen and oxygen atoms in total. The molecule has 1 aromatic rings. The molecule has 1 saturated carbocycles. The Kier molecular flexibility index (Phi) is 4.51. The molecule has 4 rings (SSSR count). The first-order valence-corrected chi connectivity index (χ1v) is 9.65. The van der Waals surface area contributed by atoms with Gasteiger partial charge in [0.25, 0.3) is 0 Å². The molecule has 1 unspecified atom stereocenters. The number of urea groups is 1. The van der Waals surface area contributed by atoms with Crippen LogP contribution in [0.3, 0.4) is 0 Å². The molecule has 1 aromatic carbocycles. The van der Waals surface area contributed by atoms with Crippen LogP contribution in [0.25, 0.3) is 0 Å². The van der Waals surface area contributed by atoms with E-state index < -0.39 is 5.60 Å². The number of carbonyl (C=O) groups excluding carboxylic acids is 2. The molecule has 26 heavy (non-hydrogen) atoms. The van der Waals surface area contributed by atoms with Crippen LogP contribution < -0.4 is 5.32 Å². The van der Waals surface area contributed by atoms with Crippen molar-refractivity contribution in [1.29, 1.82) is 0 Å². The number of anilines is 1. The number of carbonyl (C=O) groups is 2. The lowest BCUT2D eigenvalue weighted by Gasteiger charge is -2.23. The summed E-state index contributed by atoms with van der Waals surface area (Å²) in [4.78, 5) is 27.5. The second-order valence-corrected chi connectivity index (χ2v) is 7.97. The quantitative estimate of drug-likeness (QED) is 0.876. The first-order valence-electron chi connectivity index (χ1n) is 9.65. The average molecular weight is 357 g/mol. The maximum absolute atomic E-state index is 12.6. The number of likely N-dealkylation sites (tertiary alicyclic amines) is 1. The fraction of sp³-hybridized carbons (Fsp3) is 0.600. The van der Waals surface area contributed by atoms with Crippen LogP contribution in [-0.2, 0) is 4.74 Å². The second-order valence-electron chi connectivity index (χ2n) is 7.97. The molecule has 2 aliphatic heterocycles. The molecule has 2 heterocycles. The third-order valence-corrected chi connectivity index (χ3v) is 5.98. The van der Waals surface area contributed by atoms with E-state index in [-0.39, 0.29) is 12.1 Å². The van der Waals surface area contributed by atoms with Gasteiger partial charge in [-0.2, -0.15) is 0 Å². The van der Waals surface area contributed by atoms with E-state index in [4.69, 9.17) is 4.74 Å². The summed E-state index contributed by atoms with van der Waals surface area (Å²) >= 11 is 0. The van der Waals surface area contributed by atoms with Gasteiger partial charge in [-0.05, 0) is 36.5 Å². The van der Waals surface area contributed by atoms with Crippen molar-refractivity contribution in [3.05, 3.63) is 29.8 Å². The minimum Gasteiger partial charge on any atom is -0.439 e. The molecule has 6 heteroatoms. The van der Waals surface area contributed by atoms with Gasteiger partial charge in [-0.1, -0.05) is 31.4 Å². The van der Waals surface area contributed by atoms with Crippen LogP contribution in [-0.4, -0.2) is 54.2 Å². The predicted octanol–water partition coefficient (Wildman–Crippen LogP) is 3.79. The normalized spacial score (nSPS) is 26.4. The van der Waals surface area contributed by atoms with Crippen LogP contribution in [0.2, 0.25) is 0 Å². The van der Waals surface area contributed by atoms with Gasteiger partial charge in [-0.3, -0.25) is 0 Å². The molecular weight excluding hydrogens is 330 g/mol. The van der Waals surface area contributed by atoms with E-state index in [0.29, 0.717) is 32.0 Å². The van der Waals surface area contributed by atoms with E-state index in [0.717, 1.165) is 5.69 Å². The van der Waals surface area contributed by atoms with Crippen molar-refractivity contribution >= 4 is 17.8 Å². The molecule has 1 N–H and O–H groups in total. The monoisotopic (exact) mass is 357 g/mol. The Morgan fingerprint density at radius 1 is 1.15 bits per heavy atom. The van der Waals surface area contributed by atoms with E-state index in [1.165, 1.54) is 37.7 Å². The summed E-state index contributed by atoms with van der Waals surface area (Å²) in [6.07, 6.45) is 6.93. The van der Waals surface area contributed by atoms with Crippen LogP contribution in [0.1, 0.15) is 50.0 Å². The molecule has 0 bridgehead atoms. The summed E-state index contributed by atoms with van der Waals surface area (Å²) in [5.74, 6) is 0.668. The molecule has 3 fully saturated rings. The zero-order valence-corrected chi connectivity index (χ0v) is 15.4. The predicted molar refractivity (Wildman–Crippen MR) is 99.3 cm³/mol. The maximum Gasteiger partial charge on any atom is 0.410 e. The third-order valence-electron chi connectivity index (χ3n) is 5.98. The number of ether oxygens (including phenoxy) is 1. The Morgan fingerprint density at radius 3 is 2.54 bits per heavy atom.